The molecule has 0 atom stereocenters. The van der Waals surface area contributed by atoms with Gasteiger partial charge in [0.2, 0.25) is 5.91 Å². The lowest BCUT2D eigenvalue weighted by Crippen LogP contribution is -2.20. The van der Waals surface area contributed by atoms with Gasteiger partial charge in [0, 0.05) is 30.2 Å². The molecule has 0 aromatic heterocycles. The number of amides is 1. The highest BCUT2D eigenvalue weighted by Gasteiger charge is 2.02. The maximum Gasteiger partial charge on any atom is 0.221 e. The first-order valence-corrected chi connectivity index (χ1v) is 5.60. The van der Waals surface area contributed by atoms with Gasteiger partial charge in [0.1, 0.15) is 0 Å². The summed E-state index contributed by atoms with van der Waals surface area (Å²) in [5, 5.41) is 14.4. The zero-order valence-corrected chi connectivity index (χ0v) is 10.5. The van der Waals surface area contributed by atoms with Gasteiger partial charge in [-0.3, -0.25) is 4.79 Å². The van der Waals surface area contributed by atoms with E-state index < -0.39 is 0 Å². The normalized spacial score (nSPS) is 9.31. The molecule has 0 aliphatic rings. The lowest BCUT2D eigenvalue weighted by Gasteiger charge is -2.07. The Labute approximate surface area is 103 Å². The van der Waals surface area contributed by atoms with Crippen molar-refractivity contribution in [3.63, 3.8) is 0 Å². The topological polar surface area (TPSA) is 64.9 Å². The van der Waals surface area contributed by atoms with Crippen LogP contribution in [0.2, 0.25) is 0 Å². The lowest BCUT2D eigenvalue weighted by atomic mass is 10.2. The Bertz CT molecular complexity index is 426. The van der Waals surface area contributed by atoms with E-state index in [2.05, 4.69) is 32.6 Å². The van der Waals surface area contributed by atoms with Gasteiger partial charge in [0.15, 0.2) is 0 Å². The van der Waals surface area contributed by atoms with Crippen LogP contribution in [0.1, 0.15) is 12.0 Å². The number of nitriles is 1. The molecule has 1 amide bonds. The van der Waals surface area contributed by atoms with Crippen molar-refractivity contribution in [2.75, 3.05) is 18.9 Å². The van der Waals surface area contributed by atoms with E-state index >= 15 is 0 Å². The molecule has 2 N–H and O–H groups in total. The standard InChI is InChI=1S/C11H12BrN3O/c1-14-11(16)4-5-15-10-3-2-8(7-13)6-9(10)12/h2-3,6,15H,4-5H2,1H3,(H,14,16). The van der Waals surface area contributed by atoms with Crippen molar-refractivity contribution in [1.82, 2.24) is 5.32 Å². The highest BCUT2D eigenvalue weighted by molar-refractivity contribution is 9.10. The van der Waals surface area contributed by atoms with Gasteiger partial charge >= 0.3 is 0 Å². The van der Waals surface area contributed by atoms with E-state index in [-0.39, 0.29) is 5.91 Å². The number of nitrogens with one attached hydrogen (secondary N) is 2. The number of carbonyl (C=O) groups is 1. The number of benzene rings is 1. The molecule has 1 aromatic carbocycles. The summed E-state index contributed by atoms with van der Waals surface area (Å²) in [5.74, 6) is -0.00253. The zero-order valence-electron chi connectivity index (χ0n) is 8.88. The average molecular weight is 282 g/mol. The zero-order chi connectivity index (χ0) is 12.0. The van der Waals surface area contributed by atoms with Gasteiger partial charge in [-0.1, -0.05) is 0 Å². The number of carbonyl (C=O) groups excluding carboxylic acids is 1. The highest BCUT2D eigenvalue weighted by Crippen LogP contribution is 2.23. The Morgan fingerprint density at radius 3 is 2.88 bits per heavy atom. The highest BCUT2D eigenvalue weighted by atomic mass is 79.9. The van der Waals surface area contributed by atoms with E-state index in [9.17, 15) is 4.79 Å². The Hall–Kier alpha value is -1.54. The summed E-state index contributed by atoms with van der Waals surface area (Å²) in [6.45, 7) is 0.560. The van der Waals surface area contributed by atoms with Gasteiger partial charge in [-0.05, 0) is 34.1 Å². The van der Waals surface area contributed by atoms with E-state index in [0.29, 0.717) is 18.5 Å². The minimum atomic E-state index is -0.00253. The fourth-order valence-corrected chi connectivity index (χ4v) is 1.68. The fourth-order valence-electron chi connectivity index (χ4n) is 1.16. The van der Waals surface area contributed by atoms with Crippen LogP contribution < -0.4 is 10.6 Å². The first-order chi connectivity index (χ1) is 7.67. The Morgan fingerprint density at radius 1 is 1.56 bits per heavy atom. The molecular formula is C11H12BrN3O. The first kappa shape index (κ1) is 12.5. The molecule has 0 unspecified atom stereocenters. The molecule has 16 heavy (non-hydrogen) atoms. The van der Waals surface area contributed by atoms with Crippen LogP contribution in [-0.4, -0.2) is 19.5 Å². The molecule has 0 spiro atoms. The Balaban J connectivity index is 2.55. The van der Waals surface area contributed by atoms with Crippen molar-refractivity contribution in [3.05, 3.63) is 28.2 Å². The molecule has 0 radical (unpaired) electrons. The second-order valence-electron chi connectivity index (χ2n) is 3.16. The molecule has 0 saturated carbocycles. The Kier molecular flexibility index (Phi) is 4.80. The third-order valence-corrected chi connectivity index (χ3v) is 2.70. The number of halogens is 1. The number of hydrogen-bond donors (Lipinski definition) is 2. The maximum absolute atomic E-state index is 11.0. The average Bonchev–Trinajstić information content (AvgIpc) is 2.30. The van der Waals surface area contributed by atoms with Crippen molar-refractivity contribution in [2.24, 2.45) is 0 Å². The fraction of sp³-hybridized carbons (Fsp3) is 0.273. The summed E-state index contributed by atoms with van der Waals surface area (Å²) in [7, 11) is 1.61. The van der Waals surface area contributed by atoms with E-state index in [1.807, 2.05) is 6.07 Å². The quantitative estimate of drug-likeness (QED) is 0.886. The van der Waals surface area contributed by atoms with Gasteiger partial charge in [-0.2, -0.15) is 5.26 Å². The van der Waals surface area contributed by atoms with Gasteiger partial charge < -0.3 is 10.6 Å². The molecule has 0 fully saturated rings. The van der Waals surface area contributed by atoms with E-state index in [1.54, 1.807) is 19.2 Å². The number of nitrogens with zero attached hydrogens (tertiary/aromatic N) is 1. The van der Waals surface area contributed by atoms with Gasteiger partial charge in [0.25, 0.3) is 0 Å². The van der Waals surface area contributed by atoms with Crippen LogP contribution in [-0.2, 0) is 4.79 Å². The van der Waals surface area contributed by atoms with Crippen LogP contribution in [0.15, 0.2) is 22.7 Å². The molecule has 1 aromatic rings. The lowest BCUT2D eigenvalue weighted by molar-refractivity contribution is -0.120. The van der Waals surface area contributed by atoms with E-state index in [0.717, 1.165) is 10.2 Å². The summed E-state index contributed by atoms with van der Waals surface area (Å²) < 4.78 is 0.823. The van der Waals surface area contributed by atoms with Crippen molar-refractivity contribution >= 4 is 27.5 Å². The summed E-state index contributed by atoms with van der Waals surface area (Å²) >= 11 is 3.36. The summed E-state index contributed by atoms with van der Waals surface area (Å²) in [6.07, 6.45) is 0.420. The molecule has 1 rings (SSSR count). The third-order valence-electron chi connectivity index (χ3n) is 2.04. The number of anilines is 1. The van der Waals surface area contributed by atoms with Crippen LogP contribution in [0.25, 0.3) is 0 Å². The Morgan fingerprint density at radius 2 is 2.31 bits per heavy atom. The maximum atomic E-state index is 11.0. The molecule has 0 saturated heterocycles. The van der Waals surface area contributed by atoms with E-state index in [1.165, 1.54) is 0 Å². The van der Waals surface area contributed by atoms with Gasteiger partial charge in [0.05, 0.1) is 11.6 Å². The van der Waals surface area contributed by atoms with Crippen LogP contribution >= 0.6 is 15.9 Å². The third kappa shape index (κ3) is 3.55. The number of rotatable bonds is 4. The molecular weight excluding hydrogens is 270 g/mol. The second-order valence-corrected chi connectivity index (χ2v) is 4.01. The number of hydrogen-bond acceptors (Lipinski definition) is 3. The SMILES string of the molecule is CNC(=O)CCNc1ccc(C#N)cc1Br. The minimum Gasteiger partial charge on any atom is -0.384 e. The predicted molar refractivity (Wildman–Crippen MR) is 66.0 cm³/mol. The first-order valence-electron chi connectivity index (χ1n) is 4.81. The molecule has 4 nitrogen and oxygen atoms in total. The molecule has 0 bridgehead atoms. The summed E-state index contributed by atoms with van der Waals surface area (Å²) in [4.78, 5) is 11.0. The molecule has 0 aliphatic carbocycles. The molecule has 0 aliphatic heterocycles. The summed E-state index contributed by atoms with van der Waals surface area (Å²) in [5.41, 5.74) is 1.48. The molecule has 0 heterocycles. The smallest absolute Gasteiger partial charge is 0.221 e. The molecule has 84 valence electrons. The second kappa shape index (κ2) is 6.13. The van der Waals surface area contributed by atoms with Crippen molar-refractivity contribution in [3.8, 4) is 6.07 Å². The van der Waals surface area contributed by atoms with Crippen molar-refractivity contribution < 1.29 is 4.79 Å². The summed E-state index contributed by atoms with van der Waals surface area (Å²) in [6, 6.07) is 7.34. The molecule has 5 heteroatoms. The van der Waals surface area contributed by atoms with E-state index in [4.69, 9.17) is 5.26 Å². The van der Waals surface area contributed by atoms with Gasteiger partial charge in [-0.25, -0.2) is 0 Å². The monoisotopic (exact) mass is 281 g/mol. The van der Waals surface area contributed by atoms with Crippen LogP contribution in [0.5, 0.6) is 0 Å². The van der Waals surface area contributed by atoms with Crippen LogP contribution in [0, 0.1) is 11.3 Å². The van der Waals surface area contributed by atoms with Gasteiger partial charge in [-0.15, -0.1) is 0 Å². The van der Waals surface area contributed by atoms with Crippen molar-refractivity contribution in [1.29, 1.82) is 5.26 Å². The van der Waals surface area contributed by atoms with Crippen LogP contribution in [0.3, 0.4) is 0 Å². The minimum absolute atomic E-state index is 0.00253. The largest absolute Gasteiger partial charge is 0.384 e. The van der Waals surface area contributed by atoms with Crippen molar-refractivity contribution in [2.45, 2.75) is 6.42 Å². The predicted octanol–water partition coefficient (Wildman–Crippen LogP) is 1.87. The van der Waals surface area contributed by atoms with Crippen LogP contribution in [0.4, 0.5) is 5.69 Å².